The summed E-state index contributed by atoms with van der Waals surface area (Å²) < 4.78 is 52.2. The van der Waals surface area contributed by atoms with E-state index < -0.39 is 36.4 Å². The maximum absolute atomic E-state index is 13.1. The van der Waals surface area contributed by atoms with Crippen LogP contribution in [0, 0.1) is 0 Å². The number of aliphatic hydroxyl groups excluding tert-OH is 2. The summed E-state index contributed by atoms with van der Waals surface area (Å²) in [4.78, 5) is 27.6. The molecule has 3 aromatic rings. The lowest BCUT2D eigenvalue weighted by atomic mass is 9.98. The first kappa shape index (κ1) is 34.5. The summed E-state index contributed by atoms with van der Waals surface area (Å²) in [5, 5.41) is 23.2. The molecule has 9 nitrogen and oxygen atoms in total. The van der Waals surface area contributed by atoms with E-state index in [0.717, 1.165) is 16.7 Å². The highest BCUT2D eigenvalue weighted by Crippen LogP contribution is 2.39. The Hall–Kier alpha value is -3.81. The van der Waals surface area contributed by atoms with Crippen molar-refractivity contribution in [3.05, 3.63) is 101 Å². The minimum atomic E-state index is -5.06. The molecular formula is C35H40F3N3O6. The molecule has 6 atom stereocenters. The molecule has 2 fully saturated rings. The Kier molecular flexibility index (Phi) is 11.0. The predicted molar refractivity (Wildman–Crippen MR) is 168 cm³/mol. The fourth-order valence-corrected chi connectivity index (χ4v) is 6.12. The normalized spacial score (nSPS) is 23.0. The van der Waals surface area contributed by atoms with E-state index in [1.807, 2.05) is 73.5 Å². The van der Waals surface area contributed by atoms with E-state index in [4.69, 9.17) is 9.47 Å². The first-order valence-electron chi connectivity index (χ1n) is 15.7. The number of anilines is 1. The first-order valence-corrected chi connectivity index (χ1v) is 15.7. The van der Waals surface area contributed by atoms with Crippen molar-refractivity contribution in [2.24, 2.45) is 0 Å². The first-order chi connectivity index (χ1) is 22.4. The molecule has 0 spiro atoms. The quantitative estimate of drug-likeness (QED) is 0.273. The number of ether oxygens (including phenoxy) is 2. The Labute approximate surface area is 271 Å². The number of benzene rings is 3. The van der Waals surface area contributed by atoms with Gasteiger partial charge in [0.05, 0.1) is 24.9 Å². The van der Waals surface area contributed by atoms with Gasteiger partial charge in [0, 0.05) is 36.8 Å². The third-order valence-corrected chi connectivity index (χ3v) is 8.89. The number of hydrogen-bond donors (Lipinski definition) is 3. The van der Waals surface area contributed by atoms with Gasteiger partial charge in [0.1, 0.15) is 6.04 Å². The highest BCUT2D eigenvalue weighted by Gasteiger charge is 2.47. The van der Waals surface area contributed by atoms with Crippen LogP contribution in [0.15, 0.2) is 78.9 Å². The van der Waals surface area contributed by atoms with Crippen molar-refractivity contribution < 1.29 is 42.4 Å². The van der Waals surface area contributed by atoms with Gasteiger partial charge in [0.25, 0.3) is 0 Å². The maximum Gasteiger partial charge on any atom is 0.471 e. The van der Waals surface area contributed by atoms with Crippen LogP contribution in [0.25, 0.3) is 0 Å². The van der Waals surface area contributed by atoms with E-state index in [9.17, 15) is 33.0 Å². The Morgan fingerprint density at radius 2 is 1.74 bits per heavy atom. The highest BCUT2D eigenvalue weighted by atomic mass is 19.4. The van der Waals surface area contributed by atoms with Gasteiger partial charge in [-0.1, -0.05) is 66.7 Å². The van der Waals surface area contributed by atoms with Crippen LogP contribution in [-0.4, -0.2) is 76.3 Å². The SMILES string of the molecule is C[C@@H]([C@H](O)c1ccccc1)N(C)C[C@@H]1C[C@H](c2ccc(CO)cc2)O[C@H](c2cccc(NC(=O)[C@@H]3CCCN3C(=O)C(F)(F)F)c2)O1. The number of nitrogens with one attached hydrogen (secondary N) is 1. The number of hydrogen-bond acceptors (Lipinski definition) is 7. The van der Waals surface area contributed by atoms with Crippen molar-refractivity contribution in [2.45, 2.75) is 75.7 Å². The van der Waals surface area contributed by atoms with Crippen LogP contribution in [-0.2, 0) is 25.7 Å². The number of halogens is 3. The van der Waals surface area contributed by atoms with Crippen LogP contribution in [0.3, 0.4) is 0 Å². The molecule has 3 N–H and O–H groups in total. The summed E-state index contributed by atoms with van der Waals surface area (Å²) in [6.07, 6.45) is -6.42. The van der Waals surface area contributed by atoms with Gasteiger partial charge in [0.15, 0.2) is 6.29 Å². The van der Waals surface area contributed by atoms with Gasteiger partial charge in [-0.15, -0.1) is 0 Å². The number of rotatable bonds is 10. The molecule has 3 aromatic carbocycles. The Balaban J connectivity index is 1.33. The van der Waals surface area contributed by atoms with E-state index in [1.54, 1.807) is 24.3 Å². The molecule has 2 aliphatic rings. The second-order valence-electron chi connectivity index (χ2n) is 12.2. The zero-order valence-corrected chi connectivity index (χ0v) is 26.3. The van der Waals surface area contributed by atoms with Gasteiger partial charge in [-0.05, 0) is 55.6 Å². The lowest BCUT2D eigenvalue weighted by Crippen LogP contribution is -2.48. The van der Waals surface area contributed by atoms with Gasteiger partial charge in [-0.3, -0.25) is 14.5 Å². The number of carbonyl (C=O) groups is 2. The monoisotopic (exact) mass is 655 g/mol. The van der Waals surface area contributed by atoms with Crippen LogP contribution in [0.5, 0.6) is 0 Å². The number of likely N-dealkylation sites (N-methyl/N-ethyl adjacent to an activating group) is 1. The van der Waals surface area contributed by atoms with Gasteiger partial charge < -0.3 is 29.9 Å². The lowest BCUT2D eigenvalue weighted by Gasteiger charge is -2.39. The largest absolute Gasteiger partial charge is 0.471 e. The summed E-state index contributed by atoms with van der Waals surface area (Å²) in [5.74, 6) is -2.72. The zero-order valence-electron chi connectivity index (χ0n) is 26.3. The topological polar surface area (TPSA) is 112 Å². The second kappa shape index (κ2) is 15.0. The predicted octanol–water partition coefficient (Wildman–Crippen LogP) is 5.27. The van der Waals surface area contributed by atoms with Crippen LogP contribution in [0.4, 0.5) is 18.9 Å². The van der Waals surface area contributed by atoms with Gasteiger partial charge in [-0.2, -0.15) is 13.2 Å². The smallest absolute Gasteiger partial charge is 0.392 e. The Morgan fingerprint density at radius 3 is 2.43 bits per heavy atom. The maximum atomic E-state index is 13.1. The van der Waals surface area contributed by atoms with E-state index in [-0.39, 0.29) is 37.8 Å². The molecule has 0 saturated carbocycles. The number of aliphatic hydroxyl groups is 2. The van der Waals surface area contributed by atoms with Crippen molar-refractivity contribution in [2.75, 3.05) is 25.5 Å². The molecule has 2 heterocycles. The summed E-state index contributed by atoms with van der Waals surface area (Å²) in [5.41, 5.74) is 3.37. The van der Waals surface area contributed by atoms with Crippen molar-refractivity contribution >= 4 is 17.5 Å². The van der Waals surface area contributed by atoms with Gasteiger partial charge >= 0.3 is 12.1 Å². The molecule has 0 bridgehead atoms. The molecule has 2 amide bonds. The Bertz CT molecular complexity index is 1510. The van der Waals surface area contributed by atoms with E-state index in [1.165, 1.54) is 0 Å². The molecular weight excluding hydrogens is 615 g/mol. The van der Waals surface area contributed by atoms with Crippen LogP contribution in [0.1, 0.15) is 66.9 Å². The minimum Gasteiger partial charge on any atom is -0.392 e. The Morgan fingerprint density at radius 1 is 1.02 bits per heavy atom. The molecule has 2 saturated heterocycles. The number of amides is 2. The molecule has 12 heteroatoms. The van der Waals surface area contributed by atoms with E-state index in [2.05, 4.69) is 5.32 Å². The van der Waals surface area contributed by atoms with Crippen LogP contribution in [0.2, 0.25) is 0 Å². The average molecular weight is 656 g/mol. The molecule has 0 aliphatic carbocycles. The van der Waals surface area contributed by atoms with Gasteiger partial charge in [0.2, 0.25) is 5.91 Å². The third kappa shape index (κ3) is 8.38. The molecule has 2 aliphatic heterocycles. The number of carbonyl (C=O) groups excluding carboxylic acids is 2. The van der Waals surface area contributed by atoms with Crippen LogP contribution < -0.4 is 5.32 Å². The summed E-state index contributed by atoms with van der Waals surface area (Å²) in [6, 6.07) is 22.1. The van der Waals surface area contributed by atoms with Crippen LogP contribution >= 0.6 is 0 Å². The fraction of sp³-hybridized carbons (Fsp3) is 0.429. The van der Waals surface area contributed by atoms with Gasteiger partial charge in [-0.25, -0.2) is 0 Å². The second-order valence-corrected chi connectivity index (χ2v) is 12.2. The average Bonchev–Trinajstić information content (AvgIpc) is 3.57. The van der Waals surface area contributed by atoms with E-state index >= 15 is 0 Å². The molecule has 252 valence electrons. The summed E-state index contributed by atoms with van der Waals surface area (Å²) in [7, 11) is 1.92. The number of alkyl halides is 3. The molecule has 0 radical (unpaired) electrons. The van der Waals surface area contributed by atoms with Crippen molar-refractivity contribution in [3.8, 4) is 0 Å². The van der Waals surface area contributed by atoms with Crippen molar-refractivity contribution in [1.82, 2.24) is 9.80 Å². The molecule has 0 aromatic heterocycles. The summed E-state index contributed by atoms with van der Waals surface area (Å²) >= 11 is 0. The standard InChI is InChI=1S/C35H40F3N3O6/c1-22(31(43)25-8-4-3-5-9-25)40(2)20-28-19-30(24-15-13-23(21-42)14-16-24)47-33(46-28)26-10-6-11-27(18-26)39-32(44)29-12-7-17-41(29)34(45)35(36,37)38/h3-6,8-11,13-16,18,22,28-31,33,42-43H,7,12,17,19-21H2,1-2H3,(H,39,44)/t22-,28-,29-,30+,31-,33+/m0/s1. The van der Waals surface area contributed by atoms with Crippen molar-refractivity contribution in [3.63, 3.8) is 0 Å². The third-order valence-electron chi connectivity index (χ3n) is 8.89. The number of likely N-dealkylation sites (tertiary alicyclic amines) is 1. The zero-order chi connectivity index (χ0) is 33.7. The molecule has 5 rings (SSSR count). The fourth-order valence-electron chi connectivity index (χ4n) is 6.12. The highest BCUT2D eigenvalue weighted by molar-refractivity contribution is 5.98. The molecule has 0 unspecified atom stereocenters. The van der Waals surface area contributed by atoms with Crippen molar-refractivity contribution in [1.29, 1.82) is 0 Å². The number of nitrogens with zero attached hydrogens (tertiary/aromatic N) is 2. The lowest BCUT2D eigenvalue weighted by molar-refractivity contribution is -0.253. The summed E-state index contributed by atoms with van der Waals surface area (Å²) in [6.45, 7) is 2.18. The minimum absolute atomic E-state index is 0.0892. The molecule has 47 heavy (non-hydrogen) atoms. The van der Waals surface area contributed by atoms with E-state index in [0.29, 0.717) is 35.5 Å².